The molecule has 0 N–H and O–H groups in total. The van der Waals surface area contributed by atoms with E-state index < -0.39 is 11.7 Å². The third kappa shape index (κ3) is 5.43. The minimum atomic E-state index is -4.30. The SMILES string of the molecule is C.CC.C[C@@H]1CC[C@@H](Oc2cccc(C(F)(F)F)c2)C1. The second-order valence-electron chi connectivity index (χ2n) is 4.68. The Hall–Kier alpha value is -1.19. The van der Waals surface area contributed by atoms with E-state index in [-0.39, 0.29) is 13.5 Å². The molecule has 0 unspecified atom stereocenters. The fraction of sp³-hybridized carbons (Fsp3) is 0.625. The van der Waals surface area contributed by atoms with Crippen molar-refractivity contribution in [2.75, 3.05) is 0 Å². The van der Waals surface area contributed by atoms with Crippen LogP contribution in [-0.2, 0) is 6.18 Å². The Labute approximate surface area is 120 Å². The van der Waals surface area contributed by atoms with Crippen molar-refractivity contribution in [3.8, 4) is 5.75 Å². The summed E-state index contributed by atoms with van der Waals surface area (Å²) in [6.45, 7) is 6.13. The van der Waals surface area contributed by atoms with Gasteiger partial charge in [-0.1, -0.05) is 34.3 Å². The maximum Gasteiger partial charge on any atom is 0.416 e. The maximum atomic E-state index is 12.5. The first-order valence-electron chi connectivity index (χ1n) is 6.79. The lowest BCUT2D eigenvalue weighted by Crippen LogP contribution is -2.12. The number of hydrogen-bond donors (Lipinski definition) is 0. The number of hydrogen-bond acceptors (Lipinski definition) is 1. The first kappa shape index (κ1) is 18.8. The van der Waals surface area contributed by atoms with E-state index in [4.69, 9.17) is 4.74 Å². The van der Waals surface area contributed by atoms with Crippen molar-refractivity contribution in [2.24, 2.45) is 5.92 Å². The highest BCUT2D eigenvalue weighted by atomic mass is 19.4. The lowest BCUT2D eigenvalue weighted by molar-refractivity contribution is -0.137. The molecule has 0 saturated heterocycles. The van der Waals surface area contributed by atoms with Crippen LogP contribution >= 0.6 is 0 Å². The Morgan fingerprint density at radius 1 is 1.15 bits per heavy atom. The second kappa shape index (κ2) is 8.18. The van der Waals surface area contributed by atoms with Gasteiger partial charge in [-0.25, -0.2) is 0 Å². The summed E-state index contributed by atoms with van der Waals surface area (Å²) in [5.41, 5.74) is -0.652. The first-order chi connectivity index (χ1) is 8.95. The van der Waals surface area contributed by atoms with E-state index in [9.17, 15) is 13.2 Å². The van der Waals surface area contributed by atoms with Crippen molar-refractivity contribution >= 4 is 0 Å². The van der Waals surface area contributed by atoms with E-state index in [1.807, 2.05) is 13.8 Å². The van der Waals surface area contributed by atoms with Gasteiger partial charge in [0.2, 0.25) is 0 Å². The molecule has 4 heteroatoms. The summed E-state index contributed by atoms with van der Waals surface area (Å²) in [7, 11) is 0. The van der Waals surface area contributed by atoms with Crippen molar-refractivity contribution in [1.29, 1.82) is 0 Å². The maximum absolute atomic E-state index is 12.5. The van der Waals surface area contributed by atoms with Crippen LogP contribution in [-0.4, -0.2) is 6.10 Å². The molecule has 0 bridgehead atoms. The highest BCUT2D eigenvalue weighted by Gasteiger charge is 2.31. The molecular formula is C16H25F3O. The minimum Gasteiger partial charge on any atom is -0.490 e. The highest BCUT2D eigenvalue weighted by molar-refractivity contribution is 5.30. The van der Waals surface area contributed by atoms with E-state index in [0.29, 0.717) is 11.7 Å². The number of alkyl halides is 3. The molecule has 1 fully saturated rings. The van der Waals surface area contributed by atoms with E-state index >= 15 is 0 Å². The van der Waals surface area contributed by atoms with Gasteiger partial charge < -0.3 is 4.74 Å². The number of ether oxygens (including phenoxy) is 1. The molecule has 1 saturated carbocycles. The predicted octanol–water partition coefficient (Wildman–Crippen LogP) is 5.94. The standard InChI is InChI=1S/C13H15F3O.C2H6.CH4/c1-9-5-6-12(7-9)17-11-4-2-3-10(8-11)13(14,15)16;1-2;/h2-4,8-9,12H,5-7H2,1H3;1-2H3;1H4/t9-,12-;;/m1../s1. The van der Waals surface area contributed by atoms with Gasteiger partial charge in [0, 0.05) is 0 Å². The van der Waals surface area contributed by atoms with Crippen molar-refractivity contribution in [3.63, 3.8) is 0 Å². The smallest absolute Gasteiger partial charge is 0.416 e. The molecule has 116 valence electrons. The molecule has 1 aromatic carbocycles. The second-order valence-corrected chi connectivity index (χ2v) is 4.68. The van der Waals surface area contributed by atoms with Gasteiger partial charge in [-0.2, -0.15) is 13.2 Å². The lowest BCUT2D eigenvalue weighted by atomic mass is 10.1. The van der Waals surface area contributed by atoms with Crippen LogP contribution in [0.5, 0.6) is 5.75 Å². The van der Waals surface area contributed by atoms with Crippen LogP contribution in [0.25, 0.3) is 0 Å². The molecule has 0 radical (unpaired) electrons. The third-order valence-electron chi connectivity index (χ3n) is 3.11. The molecule has 0 heterocycles. The van der Waals surface area contributed by atoms with Gasteiger partial charge in [-0.05, 0) is 43.4 Å². The van der Waals surface area contributed by atoms with Crippen molar-refractivity contribution < 1.29 is 17.9 Å². The van der Waals surface area contributed by atoms with Crippen molar-refractivity contribution in [1.82, 2.24) is 0 Å². The highest BCUT2D eigenvalue weighted by Crippen LogP contribution is 2.33. The summed E-state index contributed by atoms with van der Waals surface area (Å²) in [6.07, 6.45) is -1.30. The number of benzene rings is 1. The number of halogens is 3. The summed E-state index contributed by atoms with van der Waals surface area (Å²) < 4.78 is 43.0. The van der Waals surface area contributed by atoms with Gasteiger partial charge in [-0.15, -0.1) is 0 Å². The van der Waals surface area contributed by atoms with Gasteiger partial charge in [0.1, 0.15) is 5.75 Å². The Kier molecular flexibility index (Phi) is 7.69. The summed E-state index contributed by atoms with van der Waals surface area (Å²) >= 11 is 0. The van der Waals surface area contributed by atoms with Gasteiger partial charge in [0.25, 0.3) is 0 Å². The van der Waals surface area contributed by atoms with E-state index in [1.54, 1.807) is 6.07 Å². The number of rotatable bonds is 2. The fourth-order valence-corrected chi connectivity index (χ4v) is 2.20. The quantitative estimate of drug-likeness (QED) is 0.655. The van der Waals surface area contributed by atoms with E-state index in [0.717, 1.165) is 31.4 Å². The third-order valence-corrected chi connectivity index (χ3v) is 3.11. The van der Waals surface area contributed by atoms with Crippen molar-refractivity contribution in [3.05, 3.63) is 29.8 Å². The van der Waals surface area contributed by atoms with Crippen LogP contribution in [0.1, 0.15) is 53.0 Å². The first-order valence-corrected chi connectivity index (χ1v) is 6.79. The summed E-state index contributed by atoms with van der Waals surface area (Å²) in [5, 5.41) is 0. The molecule has 0 amide bonds. The zero-order chi connectivity index (χ0) is 14.5. The predicted molar refractivity (Wildman–Crippen MR) is 77.0 cm³/mol. The molecular weight excluding hydrogens is 265 g/mol. The van der Waals surface area contributed by atoms with Crippen LogP contribution in [0, 0.1) is 5.92 Å². The lowest BCUT2D eigenvalue weighted by Gasteiger charge is -2.15. The average molecular weight is 290 g/mol. The molecule has 0 aliphatic heterocycles. The summed E-state index contributed by atoms with van der Waals surface area (Å²) in [4.78, 5) is 0. The largest absolute Gasteiger partial charge is 0.490 e. The van der Waals surface area contributed by atoms with Crippen molar-refractivity contribution in [2.45, 2.75) is 59.7 Å². The summed E-state index contributed by atoms with van der Waals surface area (Å²) in [5.74, 6) is 0.921. The van der Waals surface area contributed by atoms with Crippen LogP contribution in [0.4, 0.5) is 13.2 Å². The summed E-state index contributed by atoms with van der Waals surface area (Å²) in [6, 6.07) is 5.10. The molecule has 2 atom stereocenters. The Bertz CT molecular complexity index is 388. The molecule has 1 nitrogen and oxygen atoms in total. The van der Waals surface area contributed by atoms with Gasteiger partial charge in [-0.3, -0.25) is 0 Å². The molecule has 20 heavy (non-hydrogen) atoms. The fourth-order valence-electron chi connectivity index (χ4n) is 2.20. The van der Waals surface area contributed by atoms with E-state index in [2.05, 4.69) is 6.92 Å². The molecule has 2 rings (SSSR count). The monoisotopic (exact) mass is 290 g/mol. The van der Waals surface area contributed by atoms with Gasteiger partial charge in [0.15, 0.2) is 0 Å². The van der Waals surface area contributed by atoms with Crippen LogP contribution < -0.4 is 4.74 Å². The zero-order valence-corrected chi connectivity index (χ0v) is 11.6. The topological polar surface area (TPSA) is 9.23 Å². The van der Waals surface area contributed by atoms with Gasteiger partial charge in [0.05, 0.1) is 11.7 Å². The molecule has 1 aliphatic rings. The van der Waals surface area contributed by atoms with Crippen LogP contribution in [0.15, 0.2) is 24.3 Å². The Morgan fingerprint density at radius 3 is 2.30 bits per heavy atom. The molecule has 1 aliphatic carbocycles. The van der Waals surface area contributed by atoms with Crippen LogP contribution in [0.2, 0.25) is 0 Å². The van der Waals surface area contributed by atoms with Crippen LogP contribution in [0.3, 0.4) is 0 Å². The molecule has 0 spiro atoms. The molecule has 0 aromatic heterocycles. The Morgan fingerprint density at radius 2 is 1.80 bits per heavy atom. The normalized spacial score (nSPS) is 21.5. The zero-order valence-electron chi connectivity index (χ0n) is 11.6. The van der Waals surface area contributed by atoms with E-state index in [1.165, 1.54) is 6.07 Å². The average Bonchev–Trinajstić information content (AvgIpc) is 2.77. The molecule has 1 aromatic rings. The minimum absolute atomic E-state index is 0. The Balaban J connectivity index is 0.00000115. The van der Waals surface area contributed by atoms with Gasteiger partial charge >= 0.3 is 6.18 Å².